The first kappa shape index (κ1) is 12.9. The molecule has 0 aliphatic carbocycles. The molecule has 1 amide bonds. The molecule has 1 fully saturated rings. The highest BCUT2D eigenvalue weighted by atomic mass is 16.7. The van der Waals surface area contributed by atoms with Crippen molar-refractivity contribution in [3.63, 3.8) is 0 Å². The van der Waals surface area contributed by atoms with Gasteiger partial charge in [-0.3, -0.25) is 10.2 Å². The molecule has 1 atom stereocenters. The van der Waals surface area contributed by atoms with Gasteiger partial charge in [0, 0.05) is 6.42 Å². The number of benzene rings is 1. The predicted molar refractivity (Wildman–Crippen MR) is 66.5 cm³/mol. The minimum Gasteiger partial charge on any atom is -0.427 e. The molecule has 18 heavy (non-hydrogen) atoms. The fourth-order valence-electron chi connectivity index (χ4n) is 1.93. The molecule has 0 spiro atoms. The highest BCUT2D eigenvalue weighted by Crippen LogP contribution is 2.19. The first-order valence-electron chi connectivity index (χ1n) is 6.08. The lowest BCUT2D eigenvalue weighted by Gasteiger charge is -2.24. The van der Waals surface area contributed by atoms with Gasteiger partial charge in [-0.25, -0.2) is 4.79 Å². The van der Waals surface area contributed by atoms with Crippen molar-refractivity contribution in [3.8, 4) is 0 Å². The number of nitrogens with one attached hydrogen (secondary N) is 2. The molecule has 5 nitrogen and oxygen atoms in total. The van der Waals surface area contributed by atoms with E-state index in [1.54, 1.807) is 0 Å². The highest BCUT2D eigenvalue weighted by molar-refractivity contribution is 5.66. The summed E-state index contributed by atoms with van der Waals surface area (Å²) in [6.45, 7) is 3.05. The maximum Gasteiger partial charge on any atom is 0.433 e. The van der Waals surface area contributed by atoms with Crippen LogP contribution < -0.4 is 10.8 Å². The molecule has 98 valence electrons. The van der Waals surface area contributed by atoms with E-state index < -0.39 is 11.8 Å². The molecule has 2 rings (SSSR count). The summed E-state index contributed by atoms with van der Waals surface area (Å²) in [5.41, 5.74) is 2.70. The third kappa shape index (κ3) is 3.72. The Balaban J connectivity index is 1.69. The number of carbonyl (C=O) groups excluding carboxylic acids is 1. The highest BCUT2D eigenvalue weighted by Gasteiger charge is 2.32. The third-order valence-corrected chi connectivity index (χ3v) is 2.88. The molecular weight excluding hydrogens is 232 g/mol. The lowest BCUT2D eigenvalue weighted by Crippen LogP contribution is -2.43. The largest absolute Gasteiger partial charge is 0.433 e. The third-order valence-electron chi connectivity index (χ3n) is 2.88. The zero-order valence-electron chi connectivity index (χ0n) is 10.4. The van der Waals surface area contributed by atoms with Crippen molar-refractivity contribution in [2.75, 3.05) is 6.54 Å². The molecule has 5 heteroatoms. The van der Waals surface area contributed by atoms with Crippen molar-refractivity contribution in [3.05, 3.63) is 35.9 Å². The second-order valence-corrected chi connectivity index (χ2v) is 4.53. The van der Waals surface area contributed by atoms with Crippen LogP contribution in [0.2, 0.25) is 0 Å². The zero-order valence-corrected chi connectivity index (χ0v) is 10.4. The molecule has 1 aromatic carbocycles. The van der Waals surface area contributed by atoms with Gasteiger partial charge in [-0.2, -0.15) is 5.48 Å². The smallest absolute Gasteiger partial charge is 0.427 e. The molecule has 1 unspecified atom stereocenters. The molecule has 2 N–H and O–H groups in total. The van der Waals surface area contributed by atoms with Crippen molar-refractivity contribution in [1.82, 2.24) is 10.8 Å². The fraction of sp³-hybridized carbons (Fsp3) is 0.462. The summed E-state index contributed by atoms with van der Waals surface area (Å²) < 4.78 is 5.25. The van der Waals surface area contributed by atoms with Gasteiger partial charge >= 0.3 is 6.09 Å². The zero-order chi connectivity index (χ0) is 12.8. The average molecular weight is 250 g/mol. The topological polar surface area (TPSA) is 59.6 Å². The van der Waals surface area contributed by atoms with Gasteiger partial charge < -0.3 is 4.74 Å². The number of carbonyl (C=O) groups is 1. The van der Waals surface area contributed by atoms with Gasteiger partial charge in [0.15, 0.2) is 5.72 Å². The van der Waals surface area contributed by atoms with E-state index in [0.717, 1.165) is 24.9 Å². The molecule has 1 aromatic rings. The van der Waals surface area contributed by atoms with Crippen LogP contribution in [-0.4, -0.2) is 18.4 Å². The fourth-order valence-corrected chi connectivity index (χ4v) is 1.93. The van der Waals surface area contributed by atoms with Crippen LogP contribution in [0.25, 0.3) is 0 Å². The molecule has 1 aliphatic rings. The Hall–Kier alpha value is -1.59. The number of hydrogen-bond donors (Lipinski definition) is 2. The second kappa shape index (κ2) is 5.84. The molecular formula is C13H18N2O3. The molecule has 1 aliphatic heterocycles. The van der Waals surface area contributed by atoms with Gasteiger partial charge in [-0.05, 0) is 25.5 Å². The Morgan fingerprint density at radius 2 is 2.22 bits per heavy atom. The Morgan fingerprint density at radius 3 is 2.89 bits per heavy atom. The van der Waals surface area contributed by atoms with Gasteiger partial charge in [0.05, 0.1) is 6.61 Å². The van der Waals surface area contributed by atoms with E-state index in [9.17, 15) is 4.79 Å². The standard InChI is InChI=1S/C13H18N2O3/c1-13(8-5-9-14-13)18-12(16)15-17-10-11-6-3-2-4-7-11/h2-4,6-7,14H,5,8-10H2,1H3,(H,15,16). The Bertz CT molecular complexity index is 388. The summed E-state index contributed by atoms with van der Waals surface area (Å²) in [6.07, 6.45) is 1.26. The van der Waals surface area contributed by atoms with Crippen molar-refractivity contribution in [2.24, 2.45) is 0 Å². The lowest BCUT2D eigenvalue weighted by molar-refractivity contribution is -0.0326. The van der Waals surface area contributed by atoms with Gasteiger partial charge in [0.2, 0.25) is 0 Å². The van der Waals surface area contributed by atoms with Crippen molar-refractivity contribution < 1.29 is 14.4 Å². The van der Waals surface area contributed by atoms with E-state index in [1.807, 2.05) is 37.3 Å². The quantitative estimate of drug-likeness (QED) is 0.802. The van der Waals surface area contributed by atoms with E-state index in [0.29, 0.717) is 6.61 Å². The number of amides is 1. The van der Waals surface area contributed by atoms with Crippen LogP contribution in [0.5, 0.6) is 0 Å². The minimum atomic E-state index is -0.569. The lowest BCUT2D eigenvalue weighted by atomic mass is 10.2. The van der Waals surface area contributed by atoms with Crippen molar-refractivity contribution in [2.45, 2.75) is 32.1 Å². The predicted octanol–water partition coefficient (Wildman–Crippen LogP) is 1.94. The van der Waals surface area contributed by atoms with E-state index in [-0.39, 0.29) is 0 Å². The molecule has 0 aromatic heterocycles. The molecule has 0 bridgehead atoms. The molecule has 1 heterocycles. The SMILES string of the molecule is CC1(OC(=O)NOCc2ccccc2)CCCN1. The van der Waals surface area contributed by atoms with E-state index in [4.69, 9.17) is 9.57 Å². The Kier molecular flexibility index (Phi) is 4.17. The van der Waals surface area contributed by atoms with Crippen LogP contribution in [0.1, 0.15) is 25.3 Å². The Morgan fingerprint density at radius 1 is 1.44 bits per heavy atom. The van der Waals surface area contributed by atoms with Crippen LogP contribution in [-0.2, 0) is 16.2 Å². The number of hydroxylamine groups is 1. The summed E-state index contributed by atoms with van der Waals surface area (Å²) in [5.74, 6) is 0. The average Bonchev–Trinajstić information content (AvgIpc) is 2.77. The first-order chi connectivity index (χ1) is 8.68. The number of hydrogen-bond acceptors (Lipinski definition) is 4. The summed E-state index contributed by atoms with van der Waals surface area (Å²) in [4.78, 5) is 16.6. The maximum absolute atomic E-state index is 11.5. The Labute approximate surface area is 106 Å². The van der Waals surface area contributed by atoms with Crippen molar-refractivity contribution in [1.29, 1.82) is 0 Å². The van der Waals surface area contributed by atoms with Gasteiger partial charge in [-0.1, -0.05) is 30.3 Å². The maximum atomic E-state index is 11.5. The first-order valence-corrected chi connectivity index (χ1v) is 6.08. The van der Waals surface area contributed by atoms with E-state index in [2.05, 4.69) is 10.8 Å². The number of ether oxygens (including phenoxy) is 1. The molecule has 1 saturated heterocycles. The van der Waals surface area contributed by atoms with Crippen LogP contribution in [0.4, 0.5) is 4.79 Å². The van der Waals surface area contributed by atoms with Crippen LogP contribution in [0, 0.1) is 0 Å². The molecule has 0 radical (unpaired) electrons. The monoisotopic (exact) mass is 250 g/mol. The van der Waals surface area contributed by atoms with Gasteiger partial charge in [-0.15, -0.1) is 0 Å². The van der Waals surface area contributed by atoms with Crippen LogP contribution in [0.3, 0.4) is 0 Å². The molecule has 0 saturated carbocycles. The summed E-state index contributed by atoms with van der Waals surface area (Å²) in [7, 11) is 0. The van der Waals surface area contributed by atoms with Crippen LogP contribution in [0.15, 0.2) is 30.3 Å². The van der Waals surface area contributed by atoms with E-state index >= 15 is 0 Å². The van der Waals surface area contributed by atoms with Gasteiger partial charge in [0.25, 0.3) is 0 Å². The van der Waals surface area contributed by atoms with E-state index in [1.165, 1.54) is 0 Å². The second-order valence-electron chi connectivity index (χ2n) is 4.53. The summed E-state index contributed by atoms with van der Waals surface area (Å²) >= 11 is 0. The van der Waals surface area contributed by atoms with Crippen LogP contribution >= 0.6 is 0 Å². The van der Waals surface area contributed by atoms with Gasteiger partial charge in [0.1, 0.15) is 0 Å². The number of rotatable bonds is 4. The normalized spacial score (nSPS) is 22.7. The summed E-state index contributed by atoms with van der Waals surface area (Å²) in [6, 6.07) is 9.61. The minimum absolute atomic E-state index is 0.320. The summed E-state index contributed by atoms with van der Waals surface area (Å²) in [5, 5.41) is 3.13. The van der Waals surface area contributed by atoms with Crippen molar-refractivity contribution >= 4 is 6.09 Å².